The van der Waals surface area contributed by atoms with Crippen LogP contribution in [0.4, 0.5) is 0 Å². The molecule has 0 saturated heterocycles. The maximum atomic E-state index is 13.0. The van der Waals surface area contributed by atoms with Crippen LogP contribution in [0.5, 0.6) is 0 Å². The number of aromatic amines is 2. The van der Waals surface area contributed by atoms with Gasteiger partial charge in [-0.25, -0.2) is 9.59 Å². The van der Waals surface area contributed by atoms with Crippen molar-refractivity contribution in [2.45, 2.75) is 78.7 Å². The molecule has 0 bridgehead atoms. The van der Waals surface area contributed by atoms with E-state index in [1.54, 1.807) is 13.8 Å². The average molecular weight is 1040 g/mol. The standard InChI is InChI=1S/2C27H28N4O7/c2*1-17-23(38-26(35)37-17)15-36-25(34)27(2,16-32)13-21(29-24(33)22-14-28-31-30-22)12-18-8-10-20(11-9-18)19-6-4-3-5-7-19/h2*3-11,14,21,32H,12-13,15-16H2,1-2H3,(H,29,33)(H,28,30,31)/t2*21-,27+/m11/s1. The van der Waals surface area contributed by atoms with Crippen LogP contribution < -0.4 is 22.3 Å². The number of hydrogen-bond acceptors (Lipinski definition) is 18. The second kappa shape index (κ2) is 25.3. The molecule has 0 aliphatic carbocycles. The fourth-order valence-corrected chi connectivity index (χ4v) is 8.12. The number of ether oxygens (including phenoxy) is 2. The van der Waals surface area contributed by atoms with Crippen molar-refractivity contribution in [3.63, 3.8) is 0 Å². The lowest BCUT2D eigenvalue weighted by Gasteiger charge is -2.30. The molecule has 2 amide bonds. The molecule has 0 aliphatic heterocycles. The molecule has 0 saturated carbocycles. The van der Waals surface area contributed by atoms with E-state index in [9.17, 15) is 39.0 Å². The molecule has 4 aromatic carbocycles. The van der Waals surface area contributed by atoms with E-state index < -0.39 is 71.5 Å². The number of benzene rings is 4. The quantitative estimate of drug-likeness (QED) is 0.0450. The third kappa shape index (κ3) is 14.6. The van der Waals surface area contributed by atoms with Crippen molar-refractivity contribution in [3.05, 3.63) is 188 Å². The number of nitrogens with one attached hydrogen (secondary N) is 4. The molecule has 4 heterocycles. The Labute approximate surface area is 433 Å². The normalized spacial score (nSPS) is 13.4. The van der Waals surface area contributed by atoms with Crippen molar-refractivity contribution in [2.24, 2.45) is 10.8 Å². The van der Waals surface area contributed by atoms with Crippen molar-refractivity contribution < 1.29 is 56.5 Å². The number of hydrogen-bond donors (Lipinski definition) is 6. The van der Waals surface area contributed by atoms with Gasteiger partial charge in [-0.2, -0.15) is 30.8 Å². The topological polar surface area (TPSA) is 321 Å². The van der Waals surface area contributed by atoms with Crippen molar-refractivity contribution in [1.29, 1.82) is 0 Å². The van der Waals surface area contributed by atoms with E-state index in [0.29, 0.717) is 12.8 Å². The zero-order valence-corrected chi connectivity index (χ0v) is 41.9. The number of rotatable bonds is 22. The summed E-state index contributed by atoms with van der Waals surface area (Å²) in [5, 5.41) is 45.9. The van der Waals surface area contributed by atoms with Crippen LogP contribution in [0.25, 0.3) is 22.3 Å². The Morgan fingerprint density at radius 2 is 0.908 bits per heavy atom. The second-order valence-corrected chi connectivity index (χ2v) is 18.5. The fraction of sp³-hybridized carbons (Fsp3) is 0.296. The molecule has 396 valence electrons. The third-order valence-electron chi connectivity index (χ3n) is 12.5. The van der Waals surface area contributed by atoms with Gasteiger partial charge in [0.15, 0.2) is 47.6 Å². The molecule has 6 N–H and O–H groups in total. The molecule has 0 unspecified atom stereocenters. The SMILES string of the molecule is Cc1oc(=O)oc1COC(=O)[C@](C)(CO)C[C@@H](Cc1ccc(-c2ccccc2)cc1)NC(=O)c1cn[nH]n1.Cc1oc(=O)oc1COC(=O)[C@](C)(CO)C[C@@H](Cc1ccc(-c2ccccc2)cc1)NC(=O)c1cn[nH]n1. The third-order valence-corrected chi connectivity index (χ3v) is 12.5. The van der Waals surface area contributed by atoms with Crippen molar-refractivity contribution in [1.82, 2.24) is 41.5 Å². The van der Waals surface area contributed by atoms with Crippen molar-refractivity contribution >= 4 is 23.8 Å². The van der Waals surface area contributed by atoms with Gasteiger partial charge in [0.25, 0.3) is 11.8 Å². The highest BCUT2D eigenvalue weighted by molar-refractivity contribution is 5.92. The first-order valence-electron chi connectivity index (χ1n) is 23.9. The van der Waals surface area contributed by atoms with Crippen LogP contribution in [-0.4, -0.2) is 90.1 Å². The Bertz CT molecular complexity index is 3040. The molecule has 22 heteroatoms. The van der Waals surface area contributed by atoms with Crippen molar-refractivity contribution in [2.75, 3.05) is 13.2 Å². The maximum Gasteiger partial charge on any atom is 0.519 e. The number of aliphatic hydroxyl groups excluding tert-OH is 2. The van der Waals surface area contributed by atoms with Crippen LogP contribution in [0.3, 0.4) is 0 Å². The summed E-state index contributed by atoms with van der Waals surface area (Å²) in [4.78, 5) is 74.1. The predicted molar refractivity (Wildman–Crippen MR) is 270 cm³/mol. The number of carbonyl (C=O) groups is 4. The van der Waals surface area contributed by atoms with Gasteiger partial charge in [0.05, 0.1) is 36.4 Å². The molecule has 0 aliphatic rings. The van der Waals surface area contributed by atoms with E-state index in [1.165, 1.54) is 26.2 Å². The zero-order valence-electron chi connectivity index (χ0n) is 41.9. The van der Waals surface area contributed by atoms with Crippen LogP contribution >= 0.6 is 0 Å². The molecule has 4 aromatic heterocycles. The molecule has 76 heavy (non-hydrogen) atoms. The fourth-order valence-electron chi connectivity index (χ4n) is 8.12. The molecule has 0 fully saturated rings. The smallest absolute Gasteiger partial charge is 0.457 e. The minimum absolute atomic E-state index is 0.0562. The largest absolute Gasteiger partial charge is 0.519 e. The maximum absolute atomic E-state index is 13.0. The molecule has 0 spiro atoms. The summed E-state index contributed by atoms with van der Waals surface area (Å²) < 4.78 is 30.0. The van der Waals surface area contributed by atoms with E-state index in [-0.39, 0.29) is 60.5 Å². The number of aromatic nitrogens is 6. The Balaban J connectivity index is 0.000000221. The number of H-pyrrole nitrogens is 2. The summed E-state index contributed by atoms with van der Waals surface area (Å²) in [6.07, 6.45) is 3.44. The van der Waals surface area contributed by atoms with E-state index in [2.05, 4.69) is 41.5 Å². The Hall–Kier alpha value is -9.02. The van der Waals surface area contributed by atoms with Crippen LogP contribution in [0.15, 0.2) is 149 Å². The molecular formula is C54H56N8O14. The van der Waals surface area contributed by atoms with E-state index in [1.807, 2.05) is 109 Å². The number of aryl methyl sites for hydroxylation is 2. The summed E-state index contributed by atoms with van der Waals surface area (Å²) in [6.45, 7) is 4.37. The van der Waals surface area contributed by atoms with Gasteiger partial charge >= 0.3 is 23.6 Å². The average Bonchev–Trinajstić information content (AvgIpc) is 4.28. The highest BCUT2D eigenvalue weighted by atomic mass is 16.6. The van der Waals surface area contributed by atoms with Crippen LogP contribution in [0, 0.1) is 24.7 Å². The summed E-state index contributed by atoms with van der Waals surface area (Å²) in [6, 6.07) is 34.5. The Morgan fingerprint density at radius 3 is 1.21 bits per heavy atom. The van der Waals surface area contributed by atoms with Crippen LogP contribution in [0.1, 0.15) is 81.8 Å². The number of aliphatic hydroxyl groups is 2. The first-order chi connectivity index (χ1) is 36.5. The van der Waals surface area contributed by atoms with Crippen LogP contribution in [-0.2, 0) is 45.1 Å². The van der Waals surface area contributed by atoms with E-state index >= 15 is 0 Å². The monoisotopic (exact) mass is 1040 g/mol. The Morgan fingerprint density at radius 1 is 0.553 bits per heavy atom. The van der Waals surface area contributed by atoms with Gasteiger partial charge in [-0.05, 0) is 86.8 Å². The van der Waals surface area contributed by atoms with Gasteiger partial charge in [-0.3, -0.25) is 19.2 Å². The number of amides is 2. The molecule has 8 aromatic rings. The molecule has 0 radical (unpaired) electrons. The van der Waals surface area contributed by atoms with Gasteiger partial charge in [-0.15, -0.1) is 0 Å². The summed E-state index contributed by atoms with van der Waals surface area (Å²) in [5.41, 5.74) is 3.52. The molecule has 4 atom stereocenters. The number of esters is 2. The van der Waals surface area contributed by atoms with Crippen LogP contribution in [0.2, 0.25) is 0 Å². The molecular weight excluding hydrogens is 985 g/mol. The zero-order chi connectivity index (χ0) is 54.2. The van der Waals surface area contributed by atoms with E-state index in [4.69, 9.17) is 27.1 Å². The lowest BCUT2D eigenvalue weighted by molar-refractivity contribution is -0.161. The van der Waals surface area contributed by atoms with Gasteiger partial charge in [0, 0.05) is 12.1 Å². The lowest BCUT2D eigenvalue weighted by Crippen LogP contribution is -2.44. The summed E-state index contributed by atoms with van der Waals surface area (Å²) in [5.74, 6) is -3.62. The first-order valence-corrected chi connectivity index (χ1v) is 23.9. The second-order valence-electron chi connectivity index (χ2n) is 18.5. The van der Waals surface area contributed by atoms with E-state index in [0.717, 1.165) is 33.4 Å². The van der Waals surface area contributed by atoms with Gasteiger partial charge in [0.1, 0.15) is 0 Å². The highest BCUT2D eigenvalue weighted by Gasteiger charge is 2.39. The minimum Gasteiger partial charge on any atom is -0.457 e. The minimum atomic E-state index is -1.37. The number of carbonyl (C=O) groups excluding carboxylic acids is 4. The van der Waals surface area contributed by atoms with Gasteiger partial charge in [0.2, 0.25) is 0 Å². The van der Waals surface area contributed by atoms with Crippen molar-refractivity contribution in [3.8, 4) is 22.3 Å². The molecule has 8 rings (SSSR count). The Kier molecular flexibility index (Phi) is 18.2. The highest BCUT2D eigenvalue weighted by Crippen LogP contribution is 2.30. The predicted octanol–water partition coefficient (Wildman–Crippen LogP) is 5.60. The lowest BCUT2D eigenvalue weighted by atomic mass is 9.82. The summed E-state index contributed by atoms with van der Waals surface area (Å²) >= 11 is 0. The molecule has 22 nitrogen and oxygen atoms in total. The van der Waals surface area contributed by atoms with Gasteiger partial charge < -0.3 is 48.0 Å². The summed E-state index contributed by atoms with van der Waals surface area (Å²) in [7, 11) is 0. The van der Waals surface area contributed by atoms with Gasteiger partial charge in [-0.1, -0.05) is 109 Å². The number of nitrogens with zero attached hydrogens (tertiary/aromatic N) is 4. The first kappa shape index (κ1) is 54.7.